The minimum Gasteiger partial charge on any atom is -0.495 e. The highest BCUT2D eigenvalue weighted by atomic mass is 35.5. The van der Waals surface area contributed by atoms with Crippen molar-refractivity contribution < 1.29 is 17.9 Å². The van der Waals surface area contributed by atoms with Crippen LogP contribution in [0.5, 0.6) is 11.6 Å². The molecule has 10 heteroatoms. The zero-order chi connectivity index (χ0) is 19.9. The molecule has 0 radical (unpaired) electrons. The zero-order valence-corrected chi connectivity index (χ0v) is 17.2. The zero-order valence-electron chi connectivity index (χ0n) is 15.6. The third kappa shape index (κ3) is 3.38. The maximum Gasteiger partial charge on any atom is 0.246 e. The highest BCUT2D eigenvalue weighted by Crippen LogP contribution is 2.38. The molecule has 2 aromatic rings. The molecule has 3 heterocycles. The van der Waals surface area contributed by atoms with Crippen LogP contribution in [0.2, 0.25) is 5.02 Å². The van der Waals surface area contributed by atoms with E-state index in [1.807, 2.05) is 0 Å². The van der Waals surface area contributed by atoms with Crippen molar-refractivity contribution in [2.75, 3.05) is 45.3 Å². The van der Waals surface area contributed by atoms with Gasteiger partial charge in [0, 0.05) is 43.5 Å². The molecule has 0 N–H and O–H groups in total. The maximum atomic E-state index is 13.2. The van der Waals surface area contributed by atoms with E-state index < -0.39 is 10.0 Å². The van der Waals surface area contributed by atoms with Crippen LogP contribution in [0.1, 0.15) is 0 Å². The van der Waals surface area contributed by atoms with E-state index in [2.05, 4.69) is 14.9 Å². The lowest BCUT2D eigenvalue weighted by Crippen LogP contribution is -2.34. The summed E-state index contributed by atoms with van der Waals surface area (Å²) < 4.78 is 38.3. The number of aromatic nitrogens is 2. The van der Waals surface area contributed by atoms with Gasteiger partial charge in [-0.05, 0) is 30.0 Å². The maximum absolute atomic E-state index is 13.2. The molecule has 0 amide bonds. The van der Waals surface area contributed by atoms with Crippen LogP contribution in [0, 0.1) is 11.8 Å². The summed E-state index contributed by atoms with van der Waals surface area (Å²) in [7, 11) is -0.666. The van der Waals surface area contributed by atoms with E-state index in [4.69, 9.17) is 21.1 Å². The molecule has 28 heavy (non-hydrogen) atoms. The van der Waals surface area contributed by atoms with Crippen molar-refractivity contribution in [1.82, 2.24) is 14.3 Å². The molecule has 1 aromatic carbocycles. The number of benzene rings is 1. The molecule has 0 bridgehead atoms. The van der Waals surface area contributed by atoms with Crippen LogP contribution in [0.25, 0.3) is 0 Å². The average Bonchev–Trinajstić information content (AvgIpc) is 3.28. The minimum absolute atomic E-state index is 0.107. The molecule has 2 aliphatic heterocycles. The van der Waals surface area contributed by atoms with E-state index in [9.17, 15) is 8.42 Å². The van der Waals surface area contributed by atoms with Crippen LogP contribution in [-0.2, 0) is 10.0 Å². The molecule has 0 saturated carbocycles. The number of anilines is 1. The molecule has 2 atom stereocenters. The molecular formula is C18H21ClN4O4S. The summed E-state index contributed by atoms with van der Waals surface area (Å²) >= 11 is 6.02. The molecule has 2 aliphatic rings. The highest BCUT2D eigenvalue weighted by Gasteiger charge is 2.45. The number of hydrogen-bond acceptors (Lipinski definition) is 7. The molecule has 0 aliphatic carbocycles. The number of halogens is 1. The lowest BCUT2D eigenvalue weighted by molar-refractivity contribution is 0.395. The van der Waals surface area contributed by atoms with Crippen LogP contribution in [-0.4, -0.2) is 63.1 Å². The first-order valence-electron chi connectivity index (χ1n) is 8.88. The van der Waals surface area contributed by atoms with E-state index >= 15 is 0 Å². The second-order valence-electron chi connectivity index (χ2n) is 6.94. The highest BCUT2D eigenvalue weighted by molar-refractivity contribution is 7.89. The van der Waals surface area contributed by atoms with E-state index in [1.165, 1.54) is 17.5 Å². The standard InChI is InChI=1S/C18H21ClN4O4S/c1-26-15-4-3-14(19)7-16(15)28(24,25)23-10-12-8-22(9-13(12)11-23)18-20-6-5-17(21-18)27-2/h3-7,12-13H,8-11H2,1-2H3. The molecule has 150 valence electrons. The fourth-order valence-electron chi connectivity index (χ4n) is 3.90. The topological polar surface area (TPSA) is 84.9 Å². The van der Waals surface area contributed by atoms with E-state index in [-0.39, 0.29) is 16.7 Å². The Hall–Kier alpha value is -2.10. The van der Waals surface area contributed by atoms with Gasteiger partial charge >= 0.3 is 0 Å². The normalized spacial score (nSPS) is 22.3. The number of nitrogens with zero attached hydrogens (tertiary/aromatic N) is 4. The van der Waals surface area contributed by atoms with Crippen molar-refractivity contribution in [2.24, 2.45) is 11.8 Å². The number of methoxy groups -OCH3 is 2. The number of fused-ring (bicyclic) bond motifs is 1. The van der Waals surface area contributed by atoms with E-state index in [0.29, 0.717) is 48.8 Å². The monoisotopic (exact) mass is 424 g/mol. The van der Waals surface area contributed by atoms with Crippen LogP contribution in [0.4, 0.5) is 5.95 Å². The number of sulfonamides is 1. The smallest absolute Gasteiger partial charge is 0.246 e. The van der Waals surface area contributed by atoms with Gasteiger partial charge in [-0.2, -0.15) is 9.29 Å². The SMILES string of the molecule is COc1ccnc(N2CC3CN(S(=O)(=O)c4cc(Cl)ccc4OC)CC3C2)n1. The molecular weight excluding hydrogens is 404 g/mol. The van der Waals surface area contributed by atoms with Crippen LogP contribution in [0.3, 0.4) is 0 Å². The summed E-state index contributed by atoms with van der Waals surface area (Å²) in [5, 5.41) is 0.361. The number of rotatable bonds is 5. The van der Waals surface area contributed by atoms with Crippen molar-refractivity contribution in [3.63, 3.8) is 0 Å². The van der Waals surface area contributed by atoms with Crippen molar-refractivity contribution in [1.29, 1.82) is 0 Å². The van der Waals surface area contributed by atoms with Gasteiger partial charge in [0.1, 0.15) is 10.6 Å². The average molecular weight is 425 g/mol. The Morgan fingerprint density at radius 1 is 1.07 bits per heavy atom. The summed E-state index contributed by atoms with van der Waals surface area (Å²) in [6, 6.07) is 6.34. The van der Waals surface area contributed by atoms with Crippen molar-refractivity contribution in [3.8, 4) is 11.6 Å². The van der Waals surface area contributed by atoms with Gasteiger partial charge in [-0.1, -0.05) is 11.6 Å². The van der Waals surface area contributed by atoms with E-state index in [0.717, 1.165) is 0 Å². The van der Waals surface area contributed by atoms with E-state index in [1.54, 1.807) is 31.5 Å². The Balaban J connectivity index is 1.51. The van der Waals surface area contributed by atoms with Crippen molar-refractivity contribution in [2.45, 2.75) is 4.90 Å². The summed E-state index contributed by atoms with van der Waals surface area (Å²) in [6.45, 7) is 2.30. The molecule has 2 unspecified atom stereocenters. The van der Waals surface area contributed by atoms with Gasteiger partial charge in [0.2, 0.25) is 21.9 Å². The van der Waals surface area contributed by atoms with Gasteiger partial charge < -0.3 is 14.4 Å². The Bertz CT molecular complexity index is 973. The number of hydrogen-bond donors (Lipinski definition) is 0. The molecule has 1 aromatic heterocycles. The first-order valence-corrected chi connectivity index (χ1v) is 10.7. The summed E-state index contributed by atoms with van der Waals surface area (Å²) in [6.07, 6.45) is 1.66. The molecule has 0 spiro atoms. The molecule has 2 saturated heterocycles. The number of ether oxygens (including phenoxy) is 2. The third-order valence-electron chi connectivity index (χ3n) is 5.31. The Morgan fingerprint density at radius 3 is 2.43 bits per heavy atom. The second-order valence-corrected chi connectivity index (χ2v) is 9.28. The first kappa shape index (κ1) is 19.2. The Kier molecular flexibility index (Phi) is 5.07. The van der Waals surface area contributed by atoms with Crippen LogP contribution >= 0.6 is 11.6 Å². The second kappa shape index (κ2) is 7.38. The van der Waals surface area contributed by atoms with Gasteiger partial charge in [0.25, 0.3) is 0 Å². The predicted octanol–water partition coefficient (Wildman–Crippen LogP) is 1.90. The summed E-state index contributed by atoms with van der Waals surface area (Å²) in [5.74, 6) is 1.86. The van der Waals surface area contributed by atoms with Gasteiger partial charge in [0.05, 0.1) is 14.2 Å². The van der Waals surface area contributed by atoms with Gasteiger partial charge in [-0.3, -0.25) is 0 Å². The minimum atomic E-state index is -3.68. The Labute approximate surface area is 169 Å². The first-order chi connectivity index (χ1) is 13.4. The third-order valence-corrected chi connectivity index (χ3v) is 7.39. The molecule has 8 nitrogen and oxygen atoms in total. The predicted molar refractivity (Wildman–Crippen MR) is 105 cm³/mol. The van der Waals surface area contributed by atoms with Gasteiger partial charge in [-0.25, -0.2) is 13.4 Å². The quantitative estimate of drug-likeness (QED) is 0.724. The fraction of sp³-hybridized carbons (Fsp3) is 0.444. The van der Waals surface area contributed by atoms with Crippen LogP contribution in [0.15, 0.2) is 35.4 Å². The fourth-order valence-corrected chi connectivity index (χ4v) is 5.87. The lowest BCUT2D eigenvalue weighted by Gasteiger charge is -2.22. The Morgan fingerprint density at radius 2 is 1.79 bits per heavy atom. The van der Waals surface area contributed by atoms with Gasteiger partial charge in [-0.15, -0.1) is 0 Å². The summed E-state index contributed by atoms with van der Waals surface area (Å²) in [4.78, 5) is 10.9. The molecule has 2 fully saturated rings. The largest absolute Gasteiger partial charge is 0.495 e. The van der Waals surface area contributed by atoms with Crippen molar-refractivity contribution in [3.05, 3.63) is 35.5 Å². The molecule has 4 rings (SSSR count). The summed E-state index contributed by atoms with van der Waals surface area (Å²) in [5.41, 5.74) is 0. The van der Waals surface area contributed by atoms with Crippen LogP contribution < -0.4 is 14.4 Å². The van der Waals surface area contributed by atoms with Crippen molar-refractivity contribution >= 4 is 27.6 Å². The lowest BCUT2D eigenvalue weighted by atomic mass is 10.0. The van der Waals surface area contributed by atoms with Gasteiger partial charge in [0.15, 0.2) is 0 Å².